The summed E-state index contributed by atoms with van der Waals surface area (Å²) in [6.07, 6.45) is 0.885. The molecule has 1 saturated heterocycles. The molecule has 26 heavy (non-hydrogen) atoms. The maximum atomic E-state index is 12.2. The predicted molar refractivity (Wildman–Crippen MR) is 108 cm³/mol. The minimum atomic E-state index is -3.05. The lowest BCUT2D eigenvalue weighted by molar-refractivity contribution is 0.353. The third-order valence-corrected chi connectivity index (χ3v) is 7.65. The average Bonchev–Trinajstić information content (AvgIpc) is 2.61. The van der Waals surface area contributed by atoms with Crippen molar-refractivity contribution in [2.24, 2.45) is 4.99 Å². The molecule has 0 unspecified atom stereocenters. The lowest BCUT2D eigenvalue weighted by atomic mass is 10.0. The third-order valence-electron chi connectivity index (χ3n) is 5.11. The molecule has 1 fully saturated rings. The first-order valence-corrected chi connectivity index (χ1v) is 10.6. The van der Waals surface area contributed by atoms with Crippen LogP contribution in [0.25, 0.3) is 10.8 Å². The fraction of sp³-hybridized carbons (Fsp3) is 0.450. The monoisotopic (exact) mass is 373 g/mol. The van der Waals surface area contributed by atoms with Gasteiger partial charge in [-0.25, -0.2) is 8.42 Å². The lowest BCUT2D eigenvalue weighted by Crippen LogP contribution is -2.57. The van der Waals surface area contributed by atoms with E-state index in [9.17, 15) is 8.42 Å². The standard InChI is InChI=1S/C20H27N3O2S/c1-20(2)15-23(13-14-26(20,24)25)19(21-3)22-12-11-17-9-6-8-16-7-4-5-10-18(16)17/h4-10H,11-15H2,1-3H3,(H,21,22). The van der Waals surface area contributed by atoms with E-state index in [1.165, 1.54) is 16.3 Å². The highest BCUT2D eigenvalue weighted by Crippen LogP contribution is 2.24. The second-order valence-electron chi connectivity index (χ2n) is 7.36. The van der Waals surface area contributed by atoms with Gasteiger partial charge in [-0.05, 0) is 36.6 Å². The molecule has 0 amide bonds. The van der Waals surface area contributed by atoms with E-state index in [1.807, 2.05) is 4.90 Å². The Bertz CT molecular complexity index is 914. The Morgan fingerprint density at radius 2 is 1.92 bits per heavy atom. The van der Waals surface area contributed by atoms with E-state index in [0.717, 1.165) is 18.9 Å². The van der Waals surface area contributed by atoms with Gasteiger partial charge in [-0.3, -0.25) is 4.99 Å². The van der Waals surface area contributed by atoms with Crippen molar-refractivity contribution >= 4 is 26.6 Å². The smallest absolute Gasteiger partial charge is 0.193 e. The maximum absolute atomic E-state index is 12.2. The minimum absolute atomic E-state index is 0.171. The molecule has 2 aromatic rings. The van der Waals surface area contributed by atoms with E-state index in [2.05, 4.69) is 52.8 Å². The van der Waals surface area contributed by atoms with Gasteiger partial charge < -0.3 is 10.2 Å². The Labute approximate surface area is 156 Å². The minimum Gasteiger partial charge on any atom is -0.356 e. The number of nitrogens with one attached hydrogen (secondary N) is 1. The van der Waals surface area contributed by atoms with E-state index in [4.69, 9.17) is 0 Å². The summed E-state index contributed by atoms with van der Waals surface area (Å²) in [5.41, 5.74) is 1.30. The zero-order valence-electron chi connectivity index (χ0n) is 15.7. The maximum Gasteiger partial charge on any atom is 0.193 e. The van der Waals surface area contributed by atoms with Gasteiger partial charge in [-0.1, -0.05) is 42.5 Å². The summed E-state index contributed by atoms with van der Waals surface area (Å²) in [4.78, 5) is 6.40. The van der Waals surface area contributed by atoms with Crippen molar-refractivity contribution in [2.45, 2.75) is 25.0 Å². The summed E-state index contributed by atoms with van der Waals surface area (Å²) < 4.78 is 23.6. The molecule has 3 rings (SSSR count). The molecular weight excluding hydrogens is 346 g/mol. The van der Waals surface area contributed by atoms with E-state index < -0.39 is 14.6 Å². The van der Waals surface area contributed by atoms with Crippen LogP contribution in [0.5, 0.6) is 0 Å². The summed E-state index contributed by atoms with van der Waals surface area (Å²) in [5, 5.41) is 5.92. The molecule has 6 heteroatoms. The summed E-state index contributed by atoms with van der Waals surface area (Å²) in [6, 6.07) is 14.8. The van der Waals surface area contributed by atoms with E-state index in [1.54, 1.807) is 20.9 Å². The molecular formula is C20H27N3O2S. The van der Waals surface area contributed by atoms with Gasteiger partial charge in [0.05, 0.1) is 10.5 Å². The van der Waals surface area contributed by atoms with Gasteiger partial charge in [0.15, 0.2) is 15.8 Å². The van der Waals surface area contributed by atoms with Gasteiger partial charge in [0.1, 0.15) is 0 Å². The Morgan fingerprint density at radius 1 is 1.19 bits per heavy atom. The van der Waals surface area contributed by atoms with Gasteiger partial charge in [0.2, 0.25) is 0 Å². The number of aliphatic imine (C=N–C) groups is 1. The van der Waals surface area contributed by atoms with Gasteiger partial charge >= 0.3 is 0 Å². The van der Waals surface area contributed by atoms with Crippen LogP contribution in [0.2, 0.25) is 0 Å². The SMILES string of the molecule is CN=C(NCCc1cccc2ccccc12)N1CCS(=O)(=O)C(C)(C)C1. The number of hydrogen-bond donors (Lipinski definition) is 1. The molecule has 1 aliphatic heterocycles. The number of nitrogens with zero attached hydrogens (tertiary/aromatic N) is 2. The Morgan fingerprint density at radius 3 is 2.65 bits per heavy atom. The zero-order chi connectivity index (χ0) is 18.8. The summed E-state index contributed by atoms with van der Waals surface area (Å²) in [5.74, 6) is 0.942. The largest absolute Gasteiger partial charge is 0.356 e. The van der Waals surface area contributed by atoms with Crippen molar-refractivity contribution in [1.29, 1.82) is 0 Å². The number of benzene rings is 2. The highest BCUT2D eigenvalue weighted by molar-refractivity contribution is 7.92. The van der Waals surface area contributed by atoms with E-state index in [-0.39, 0.29) is 5.75 Å². The van der Waals surface area contributed by atoms with Crippen LogP contribution in [0.4, 0.5) is 0 Å². The van der Waals surface area contributed by atoms with Crippen LogP contribution >= 0.6 is 0 Å². The summed E-state index contributed by atoms with van der Waals surface area (Å²) in [7, 11) is -1.30. The van der Waals surface area contributed by atoms with Crippen molar-refractivity contribution in [3.8, 4) is 0 Å². The molecule has 0 saturated carbocycles. The van der Waals surface area contributed by atoms with Gasteiger partial charge in [0, 0.05) is 26.7 Å². The van der Waals surface area contributed by atoms with Gasteiger partial charge in [-0.2, -0.15) is 0 Å². The van der Waals surface area contributed by atoms with Crippen LogP contribution in [0.15, 0.2) is 47.5 Å². The number of hydrogen-bond acceptors (Lipinski definition) is 3. The van der Waals surface area contributed by atoms with E-state index >= 15 is 0 Å². The van der Waals surface area contributed by atoms with Crippen LogP contribution in [-0.2, 0) is 16.3 Å². The molecule has 0 atom stereocenters. The number of sulfone groups is 1. The zero-order valence-corrected chi connectivity index (χ0v) is 16.5. The molecule has 5 nitrogen and oxygen atoms in total. The van der Waals surface area contributed by atoms with Crippen molar-refractivity contribution in [3.05, 3.63) is 48.0 Å². The summed E-state index contributed by atoms with van der Waals surface area (Å²) >= 11 is 0. The number of fused-ring (bicyclic) bond motifs is 1. The van der Waals surface area contributed by atoms with Gasteiger partial charge in [-0.15, -0.1) is 0 Å². The first-order valence-electron chi connectivity index (χ1n) is 8.99. The van der Waals surface area contributed by atoms with Gasteiger partial charge in [0.25, 0.3) is 0 Å². The molecule has 2 aromatic carbocycles. The third kappa shape index (κ3) is 3.70. The first-order chi connectivity index (χ1) is 12.3. The Balaban J connectivity index is 1.65. The quantitative estimate of drug-likeness (QED) is 0.663. The molecule has 0 spiro atoms. The molecule has 140 valence electrons. The van der Waals surface area contributed by atoms with Crippen LogP contribution < -0.4 is 5.32 Å². The van der Waals surface area contributed by atoms with E-state index in [0.29, 0.717) is 13.1 Å². The number of rotatable bonds is 3. The van der Waals surface area contributed by atoms with Crippen molar-refractivity contribution < 1.29 is 8.42 Å². The molecule has 1 heterocycles. The molecule has 0 radical (unpaired) electrons. The second kappa shape index (κ2) is 7.27. The highest BCUT2D eigenvalue weighted by atomic mass is 32.2. The molecule has 0 aromatic heterocycles. The van der Waals surface area contributed by atoms with Crippen LogP contribution in [0.1, 0.15) is 19.4 Å². The Hall–Kier alpha value is -2.08. The molecule has 1 N–H and O–H groups in total. The fourth-order valence-electron chi connectivity index (χ4n) is 3.48. The Kier molecular flexibility index (Phi) is 5.23. The van der Waals surface area contributed by atoms with Crippen LogP contribution in [0.3, 0.4) is 0 Å². The predicted octanol–water partition coefficient (Wildman–Crippen LogP) is 2.47. The van der Waals surface area contributed by atoms with Crippen molar-refractivity contribution in [1.82, 2.24) is 10.2 Å². The van der Waals surface area contributed by atoms with Crippen molar-refractivity contribution in [2.75, 3.05) is 32.4 Å². The van der Waals surface area contributed by atoms with Crippen molar-refractivity contribution in [3.63, 3.8) is 0 Å². The average molecular weight is 374 g/mol. The normalized spacial score (nSPS) is 19.5. The first kappa shape index (κ1) is 18.7. The number of guanidine groups is 1. The summed E-state index contributed by atoms with van der Waals surface area (Å²) in [6.45, 7) is 5.28. The lowest BCUT2D eigenvalue weighted by Gasteiger charge is -2.39. The fourth-order valence-corrected chi connectivity index (χ4v) is 4.84. The van der Waals surface area contributed by atoms with Crippen LogP contribution in [0, 0.1) is 0 Å². The molecule has 1 aliphatic rings. The topological polar surface area (TPSA) is 61.8 Å². The molecule has 0 aliphatic carbocycles. The highest BCUT2D eigenvalue weighted by Gasteiger charge is 2.40. The van der Waals surface area contributed by atoms with Crippen LogP contribution in [-0.4, -0.2) is 56.5 Å². The molecule has 0 bridgehead atoms. The second-order valence-corrected chi connectivity index (χ2v) is 10.1.